The van der Waals surface area contributed by atoms with E-state index in [1.54, 1.807) is 12.3 Å². The second-order valence-corrected chi connectivity index (χ2v) is 9.05. The average Bonchev–Trinajstić information content (AvgIpc) is 3.21. The van der Waals surface area contributed by atoms with Crippen LogP contribution in [0.1, 0.15) is 34.8 Å². The van der Waals surface area contributed by atoms with Crippen molar-refractivity contribution < 1.29 is 14.6 Å². The molecule has 0 amide bonds. The molecule has 172 valence electrons. The van der Waals surface area contributed by atoms with Crippen LogP contribution in [0, 0.1) is 6.92 Å². The molecule has 1 atom stereocenters. The molecule has 4 heterocycles. The van der Waals surface area contributed by atoms with Gasteiger partial charge in [0.15, 0.2) is 0 Å². The molecule has 8 nitrogen and oxygen atoms in total. The van der Waals surface area contributed by atoms with Crippen molar-refractivity contribution in [2.24, 2.45) is 0 Å². The van der Waals surface area contributed by atoms with Gasteiger partial charge in [-0.3, -0.25) is 4.79 Å². The molecule has 0 aliphatic carbocycles. The maximum Gasteiger partial charge on any atom is 0.341 e. The highest BCUT2D eigenvalue weighted by Crippen LogP contribution is 2.36. The third-order valence-electron chi connectivity index (χ3n) is 6.54. The van der Waals surface area contributed by atoms with Gasteiger partial charge in [-0.1, -0.05) is 17.7 Å². The quantitative estimate of drug-likeness (QED) is 0.573. The second kappa shape index (κ2) is 8.68. The lowest BCUT2D eigenvalue weighted by molar-refractivity contribution is 0.0694. The van der Waals surface area contributed by atoms with Gasteiger partial charge in [0.25, 0.3) is 0 Å². The molecule has 2 saturated heterocycles. The van der Waals surface area contributed by atoms with Crippen molar-refractivity contribution >= 4 is 34.2 Å². The van der Waals surface area contributed by atoms with Crippen molar-refractivity contribution in [2.45, 2.75) is 31.8 Å². The molecule has 33 heavy (non-hydrogen) atoms. The van der Waals surface area contributed by atoms with Crippen LogP contribution in [0.5, 0.6) is 5.88 Å². The van der Waals surface area contributed by atoms with Gasteiger partial charge in [-0.15, -0.1) is 0 Å². The van der Waals surface area contributed by atoms with E-state index in [0.717, 1.165) is 43.7 Å². The first-order valence-electron chi connectivity index (χ1n) is 11.1. The SMILES string of the molecule is Cc1cccnc1OC[C@H]1CCCN1c1cc2c(cc1Cl)c(=O)c(C(=O)O)cn2C1CNC1. The van der Waals surface area contributed by atoms with Crippen LogP contribution in [-0.2, 0) is 0 Å². The Morgan fingerprint density at radius 3 is 2.88 bits per heavy atom. The van der Waals surface area contributed by atoms with E-state index in [9.17, 15) is 14.7 Å². The maximum absolute atomic E-state index is 12.9. The number of nitrogens with zero attached hydrogens (tertiary/aromatic N) is 3. The number of nitrogens with one attached hydrogen (secondary N) is 1. The van der Waals surface area contributed by atoms with E-state index in [1.165, 1.54) is 6.20 Å². The van der Waals surface area contributed by atoms with Gasteiger partial charge in [0.1, 0.15) is 12.2 Å². The van der Waals surface area contributed by atoms with Crippen molar-refractivity contribution in [3.63, 3.8) is 0 Å². The number of carbonyl (C=O) groups is 1. The van der Waals surface area contributed by atoms with Crippen LogP contribution in [0.25, 0.3) is 10.9 Å². The van der Waals surface area contributed by atoms with Gasteiger partial charge in [-0.25, -0.2) is 9.78 Å². The fourth-order valence-corrected chi connectivity index (χ4v) is 4.90. The Morgan fingerprint density at radius 1 is 1.36 bits per heavy atom. The van der Waals surface area contributed by atoms with Crippen molar-refractivity contribution in [1.29, 1.82) is 0 Å². The number of hydrogen-bond acceptors (Lipinski definition) is 6. The van der Waals surface area contributed by atoms with Crippen LogP contribution >= 0.6 is 11.6 Å². The van der Waals surface area contributed by atoms with E-state index < -0.39 is 11.4 Å². The number of anilines is 1. The highest BCUT2D eigenvalue weighted by atomic mass is 35.5. The number of carboxylic acid groups (broad SMARTS) is 1. The molecule has 0 bridgehead atoms. The van der Waals surface area contributed by atoms with E-state index in [-0.39, 0.29) is 17.6 Å². The van der Waals surface area contributed by atoms with Gasteiger partial charge in [-0.2, -0.15) is 0 Å². The predicted octanol–water partition coefficient (Wildman–Crippen LogP) is 3.25. The van der Waals surface area contributed by atoms with Crippen molar-refractivity contribution in [2.75, 3.05) is 31.1 Å². The summed E-state index contributed by atoms with van der Waals surface area (Å²) in [6.45, 7) is 4.71. The molecule has 0 radical (unpaired) electrons. The zero-order valence-electron chi connectivity index (χ0n) is 18.3. The summed E-state index contributed by atoms with van der Waals surface area (Å²) in [5.74, 6) is -0.605. The summed E-state index contributed by atoms with van der Waals surface area (Å²) in [5.41, 5.74) is 1.76. The number of rotatable bonds is 6. The van der Waals surface area contributed by atoms with Gasteiger partial charge in [0.2, 0.25) is 11.3 Å². The highest BCUT2D eigenvalue weighted by molar-refractivity contribution is 6.34. The predicted molar refractivity (Wildman–Crippen MR) is 127 cm³/mol. The summed E-state index contributed by atoms with van der Waals surface area (Å²) >= 11 is 6.67. The van der Waals surface area contributed by atoms with Crippen LogP contribution in [0.2, 0.25) is 5.02 Å². The van der Waals surface area contributed by atoms with E-state index in [0.29, 0.717) is 28.4 Å². The zero-order chi connectivity index (χ0) is 23.1. The van der Waals surface area contributed by atoms with Gasteiger partial charge in [0.05, 0.1) is 28.3 Å². The maximum atomic E-state index is 12.9. The Kier molecular flexibility index (Phi) is 5.72. The number of aromatic nitrogens is 2. The smallest absolute Gasteiger partial charge is 0.341 e. The standard InChI is InChI=1S/C24H25ClN4O4/c1-14-4-2-6-27-23(14)33-13-15-5-3-7-28(15)21-9-20-17(8-19(21)25)22(30)18(24(31)32)12-29(20)16-10-26-11-16/h2,4,6,8-9,12,15-16,26H,3,5,7,10-11,13H2,1H3,(H,31,32)/t15-/m1/s1. The van der Waals surface area contributed by atoms with Gasteiger partial charge >= 0.3 is 5.97 Å². The molecule has 0 unspecified atom stereocenters. The fourth-order valence-electron chi connectivity index (χ4n) is 4.63. The van der Waals surface area contributed by atoms with E-state index in [4.69, 9.17) is 16.3 Å². The third-order valence-corrected chi connectivity index (χ3v) is 6.85. The van der Waals surface area contributed by atoms with Gasteiger partial charge < -0.3 is 24.6 Å². The molecule has 2 fully saturated rings. The van der Waals surface area contributed by atoms with Gasteiger partial charge in [-0.05, 0) is 38.0 Å². The summed E-state index contributed by atoms with van der Waals surface area (Å²) in [7, 11) is 0. The largest absolute Gasteiger partial charge is 0.477 e. The molecular formula is C24H25ClN4O4. The Morgan fingerprint density at radius 2 is 2.18 bits per heavy atom. The Balaban J connectivity index is 1.53. The van der Waals surface area contributed by atoms with E-state index in [2.05, 4.69) is 15.2 Å². The first-order valence-corrected chi connectivity index (χ1v) is 11.5. The Bertz CT molecular complexity index is 1290. The Hall–Kier alpha value is -3.10. The number of ether oxygens (including phenoxy) is 1. The summed E-state index contributed by atoms with van der Waals surface area (Å²) in [5, 5.41) is 13.5. The summed E-state index contributed by atoms with van der Waals surface area (Å²) < 4.78 is 7.92. The number of carboxylic acids is 1. The lowest BCUT2D eigenvalue weighted by Crippen LogP contribution is -2.44. The zero-order valence-corrected chi connectivity index (χ0v) is 19.0. The second-order valence-electron chi connectivity index (χ2n) is 8.64. The number of halogens is 1. The molecule has 2 aromatic heterocycles. The monoisotopic (exact) mass is 468 g/mol. The first kappa shape index (κ1) is 21.7. The summed E-state index contributed by atoms with van der Waals surface area (Å²) in [4.78, 5) is 31.1. The van der Waals surface area contributed by atoms with Crippen LogP contribution in [0.4, 0.5) is 5.69 Å². The molecule has 2 aliphatic rings. The minimum absolute atomic E-state index is 0.0880. The minimum Gasteiger partial charge on any atom is -0.477 e. The molecule has 2 N–H and O–H groups in total. The van der Waals surface area contributed by atoms with Crippen molar-refractivity contribution in [1.82, 2.24) is 14.9 Å². The summed E-state index contributed by atoms with van der Waals surface area (Å²) in [6.07, 6.45) is 5.14. The normalized spacial score (nSPS) is 18.5. The third kappa shape index (κ3) is 3.94. The Labute approximate surface area is 195 Å². The molecule has 3 aromatic rings. The molecule has 0 saturated carbocycles. The number of hydrogen-bond donors (Lipinski definition) is 2. The fraction of sp³-hybridized carbons (Fsp3) is 0.375. The number of aryl methyl sites for hydroxylation is 1. The lowest BCUT2D eigenvalue weighted by Gasteiger charge is -2.32. The number of benzene rings is 1. The van der Waals surface area contributed by atoms with Crippen molar-refractivity contribution in [3.8, 4) is 5.88 Å². The van der Waals surface area contributed by atoms with Crippen LogP contribution in [-0.4, -0.2) is 52.9 Å². The van der Waals surface area contributed by atoms with Crippen LogP contribution in [0.15, 0.2) is 41.5 Å². The molecule has 5 rings (SSSR count). The average molecular weight is 469 g/mol. The number of fused-ring (bicyclic) bond motifs is 1. The molecule has 1 aromatic carbocycles. The highest BCUT2D eigenvalue weighted by Gasteiger charge is 2.29. The topological polar surface area (TPSA) is 96.7 Å². The van der Waals surface area contributed by atoms with E-state index in [1.807, 2.05) is 29.7 Å². The lowest BCUT2D eigenvalue weighted by atomic mass is 10.1. The number of aromatic carboxylic acids is 1. The minimum atomic E-state index is -1.23. The van der Waals surface area contributed by atoms with Gasteiger partial charge in [0, 0.05) is 43.0 Å². The molecule has 9 heteroatoms. The van der Waals surface area contributed by atoms with Crippen molar-refractivity contribution in [3.05, 3.63) is 63.0 Å². The molecule has 2 aliphatic heterocycles. The van der Waals surface area contributed by atoms with E-state index >= 15 is 0 Å². The number of pyridine rings is 2. The molecule has 0 spiro atoms. The summed E-state index contributed by atoms with van der Waals surface area (Å²) in [6, 6.07) is 7.59. The molecular weight excluding hydrogens is 444 g/mol. The first-order chi connectivity index (χ1) is 15.9. The van der Waals surface area contributed by atoms with Crippen LogP contribution < -0.4 is 20.4 Å². The van der Waals surface area contributed by atoms with Crippen LogP contribution in [0.3, 0.4) is 0 Å².